The average Bonchev–Trinajstić information content (AvgIpc) is 2.15. The second kappa shape index (κ2) is 5.22. The lowest BCUT2D eigenvalue weighted by molar-refractivity contribution is -0.120. The molecule has 3 heteroatoms. The van der Waals surface area contributed by atoms with Gasteiger partial charge in [-0.05, 0) is 18.8 Å². The van der Waals surface area contributed by atoms with Crippen molar-refractivity contribution in [2.75, 3.05) is 6.61 Å². The lowest BCUT2D eigenvalue weighted by Crippen LogP contribution is -2.42. The molecule has 1 aliphatic carbocycles. The summed E-state index contributed by atoms with van der Waals surface area (Å²) in [4.78, 5) is 10.8. The second-order valence-electron chi connectivity index (χ2n) is 3.89. The molecule has 0 radical (unpaired) electrons. The number of hydrogen-bond acceptors (Lipinski definition) is 2. The first-order chi connectivity index (χ1) is 6.24. The molecule has 1 fully saturated rings. The Hall–Kier alpha value is -0.570. The summed E-state index contributed by atoms with van der Waals surface area (Å²) in [6.45, 7) is 1.58. The van der Waals surface area contributed by atoms with E-state index in [0.29, 0.717) is 5.92 Å². The van der Waals surface area contributed by atoms with Crippen molar-refractivity contribution in [3.63, 3.8) is 0 Å². The zero-order valence-electron chi connectivity index (χ0n) is 8.25. The minimum Gasteiger partial charge on any atom is -0.394 e. The van der Waals surface area contributed by atoms with Gasteiger partial charge in [0.15, 0.2) is 0 Å². The predicted octanol–water partition coefficient (Wildman–Crippen LogP) is 1.06. The molecule has 0 heterocycles. The second-order valence-corrected chi connectivity index (χ2v) is 3.89. The highest BCUT2D eigenvalue weighted by Gasteiger charge is 2.23. The molecule has 0 aromatic rings. The van der Waals surface area contributed by atoms with Crippen molar-refractivity contribution >= 4 is 5.91 Å². The van der Waals surface area contributed by atoms with E-state index in [1.54, 1.807) is 0 Å². The number of nitrogens with one attached hydrogen (secondary N) is 1. The Balaban J connectivity index is 2.39. The van der Waals surface area contributed by atoms with E-state index in [4.69, 9.17) is 5.11 Å². The fourth-order valence-corrected chi connectivity index (χ4v) is 2.11. The molecule has 0 saturated heterocycles. The van der Waals surface area contributed by atoms with Crippen LogP contribution in [0.5, 0.6) is 0 Å². The van der Waals surface area contributed by atoms with E-state index in [-0.39, 0.29) is 18.6 Å². The molecule has 1 aliphatic rings. The van der Waals surface area contributed by atoms with Gasteiger partial charge in [-0.1, -0.05) is 19.3 Å². The van der Waals surface area contributed by atoms with Crippen molar-refractivity contribution in [3.8, 4) is 0 Å². The van der Waals surface area contributed by atoms with Crippen LogP contribution in [-0.4, -0.2) is 23.7 Å². The number of amides is 1. The van der Waals surface area contributed by atoms with Gasteiger partial charge in [-0.15, -0.1) is 0 Å². The molecule has 1 amide bonds. The Bertz CT molecular complexity index is 164. The standard InChI is InChI=1S/C10H19NO2/c1-8(13)11-10(7-12)9-5-3-2-4-6-9/h9-10,12H,2-7H2,1H3,(H,11,13). The normalized spacial score (nSPS) is 21.1. The molecule has 1 rings (SSSR count). The summed E-state index contributed by atoms with van der Waals surface area (Å²) in [5, 5.41) is 11.9. The molecule has 0 bridgehead atoms. The van der Waals surface area contributed by atoms with E-state index in [0.717, 1.165) is 12.8 Å². The summed E-state index contributed by atoms with van der Waals surface area (Å²) >= 11 is 0. The molecule has 76 valence electrons. The molecular formula is C10H19NO2. The van der Waals surface area contributed by atoms with E-state index in [1.807, 2.05) is 0 Å². The van der Waals surface area contributed by atoms with Crippen molar-refractivity contribution in [1.29, 1.82) is 0 Å². The van der Waals surface area contributed by atoms with Crippen LogP contribution >= 0.6 is 0 Å². The smallest absolute Gasteiger partial charge is 0.217 e. The molecule has 0 spiro atoms. The fourth-order valence-electron chi connectivity index (χ4n) is 2.11. The first-order valence-electron chi connectivity index (χ1n) is 5.12. The van der Waals surface area contributed by atoms with Crippen LogP contribution in [0.2, 0.25) is 0 Å². The number of hydrogen-bond donors (Lipinski definition) is 2. The maximum atomic E-state index is 10.8. The van der Waals surface area contributed by atoms with Crippen LogP contribution in [0.3, 0.4) is 0 Å². The van der Waals surface area contributed by atoms with Crippen molar-refractivity contribution in [2.45, 2.75) is 45.1 Å². The minimum atomic E-state index is -0.0374. The zero-order chi connectivity index (χ0) is 9.68. The van der Waals surface area contributed by atoms with Gasteiger partial charge in [0.05, 0.1) is 12.6 Å². The summed E-state index contributed by atoms with van der Waals surface area (Å²) in [7, 11) is 0. The van der Waals surface area contributed by atoms with Crippen LogP contribution < -0.4 is 5.32 Å². The Kier molecular flexibility index (Phi) is 4.22. The van der Waals surface area contributed by atoms with Gasteiger partial charge in [-0.3, -0.25) is 4.79 Å². The molecular weight excluding hydrogens is 166 g/mol. The lowest BCUT2D eigenvalue weighted by atomic mass is 9.84. The SMILES string of the molecule is CC(=O)NC(CO)C1CCCCC1. The molecule has 0 aromatic heterocycles. The third-order valence-electron chi connectivity index (χ3n) is 2.80. The Morgan fingerprint density at radius 2 is 2.08 bits per heavy atom. The summed E-state index contributed by atoms with van der Waals surface area (Å²) < 4.78 is 0. The lowest BCUT2D eigenvalue weighted by Gasteiger charge is -2.29. The van der Waals surface area contributed by atoms with Gasteiger partial charge in [0.2, 0.25) is 5.91 Å². The van der Waals surface area contributed by atoms with E-state index in [1.165, 1.54) is 26.2 Å². The highest BCUT2D eigenvalue weighted by molar-refractivity contribution is 5.73. The summed E-state index contributed by atoms with van der Waals surface area (Å²) in [6.07, 6.45) is 6.06. The number of rotatable bonds is 3. The summed E-state index contributed by atoms with van der Waals surface area (Å²) in [5.74, 6) is 0.451. The molecule has 1 saturated carbocycles. The van der Waals surface area contributed by atoms with Crippen molar-refractivity contribution in [1.82, 2.24) is 5.32 Å². The maximum Gasteiger partial charge on any atom is 0.217 e. The maximum absolute atomic E-state index is 10.8. The van der Waals surface area contributed by atoms with Crippen molar-refractivity contribution in [2.24, 2.45) is 5.92 Å². The van der Waals surface area contributed by atoms with Gasteiger partial charge in [0.25, 0.3) is 0 Å². The van der Waals surface area contributed by atoms with Gasteiger partial charge in [-0.25, -0.2) is 0 Å². The number of aliphatic hydroxyl groups is 1. The van der Waals surface area contributed by atoms with E-state index in [9.17, 15) is 4.79 Å². The molecule has 1 unspecified atom stereocenters. The third-order valence-corrected chi connectivity index (χ3v) is 2.80. The quantitative estimate of drug-likeness (QED) is 0.691. The van der Waals surface area contributed by atoms with E-state index < -0.39 is 0 Å². The monoisotopic (exact) mass is 185 g/mol. The van der Waals surface area contributed by atoms with Crippen LogP contribution in [0.1, 0.15) is 39.0 Å². The minimum absolute atomic E-state index is 0.0159. The van der Waals surface area contributed by atoms with Crippen LogP contribution in [-0.2, 0) is 4.79 Å². The van der Waals surface area contributed by atoms with Crippen molar-refractivity contribution in [3.05, 3.63) is 0 Å². The van der Waals surface area contributed by atoms with Gasteiger partial charge in [-0.2, -0.15) is 0 Å². The number of aliphatic hydroxyl groups excluding tert-OH is 1. The molecule has 2 N–H and O–H groups in total. The van der Waals surface area contributed by atoms with Gasteiger partial charge < -0.3 is 10.4 Å². The average molecular weight is 185 g/mol. The molecule has 3 nitrogen and oxygen atoms in total. The first-order valence-corrected chi connectivity index (χ1v) is 5.12. The van der Waals surface area contributed by atoms with Gasteiger partial charge in [0.1, 0.15) is 0 Å². The molecule has 1 atom stereocenters. The highest BCUT2D eigenvalue weighted by Crippen LogP contribution is 2.26. The topological polar surface area (TPSA) is 49.3 Å². The van der Waals surface area contributed by atoms with Crippen LogP contribution in [0.4, 0.5) is 0 Å². The van der Waals surface area contributed by atoms with Gasteiger partial charge in [0, 0.05) is 6.92 Å². The van der Waals surface area contributed by atoms with Crippen LogP contribution in [0.15, 0.2) is 0 Å². The number of carbonyl (C=O) groups is 1. The summed E-state index contributed by atoms with van der Waals surface area (Å²) in [5.41, 5.74) is 0. The van der Waals surface area contributed by atoms with Crippen molar-refractivity contribution < 1.29 is 9.90 Å². The summed E-state index contributed by atoms with van der Waals surface area (Å²) in [6, 6.07) is -0.0159. The third kappa shape index (κ3) is 3.35. The highest BCUT2D eigenvalue weighted by atomic mass is 16.3. The molecule has 13 heavy (non-hydrogen) atoms. The largest absolute Gasteiger partial charge is 0.394 e. The van der Waals surface area contributed by atoms with Crippen LogP contribution in [0.25, 0.3) is 0 Å². The Morgan fingerprint density at radius 3 is 2.54 bits per heavy atom. The fraction of sp³-hybridized carbons (Fsp3) is 0.900. The van der Waals surface area contributed by atoms with E-state index in [2.05, 4.69) is 5.32 Å². The predicted molar refractivity (Wildman–Crippen MR) is 51.3 cm³/mol. The Morgan fingerprint density at radius 1 is 1.46 bits per heavy atom. The zero-order valence-corrected chi connectivity index (χ0v) is 8.25. The van der Waals surface area contributed by atoms with E-state index >= 15 is 0 Å². The van der Waals surface area contributed by atoms with Gasteiger partial charge >= 0.3 is 0 Å². The molecule has 0 aromatic carbocycles. The first kappa shape index (κ1) is 10.5. The number of carbonyl (C=O) groups excluding carboxylic acids is 1. The van der Waals surface area contributed by atoms with Crippen LogP contribution in [0, 0.1) is 5.92 Å². The molecule has 0 aliphatic heterocycles. The Labute approximate surface area is 79.5 Å².